The van der Waals surface area contributed by atoms with Crippen molar-refractivity contribution in [1.82, 2.24) is 0 Å². The lowest BCUT2D eigenvalue weighted by Gasteiger charge is -2.12. The molecule has 23 heavy (non-hydrogen) atoms. The number of esters is 1. The highest BCUT2D eigenvalue weighted by Crippen LogP contribution is 2.26. The molecule has 2 rings (SSSR count). The van der Waals surface area contributed by atoms with Gasteiger partial charge in [0, 0.05) is 0 Å². The molecule has 5 nitrogen and oxygen atoms in total. The van der Waals surface area contributed by atoms with Gasteiger partial charge in [0.15, 0.2) is 0 Å². The molecule has 2 aromatic rings. The van der Waals surface area contributed by atoms with Gasteiger partial charge in [-0.15, -0.1) is 0 Å². The molecule has 0 heterocycles. The molecule has 0 bridgehead atoms. The van der Waals surface area contributed by atoms with E-state index in [0.29, 0.717) is 11.4 Å². The molecule has 0 aliphatic heterocycles. The Kier molecular flexibility index (Phi) is 5.30. The minimum atomic E-state index is -0.530. The predicted octanol–water partition coefficient (Wildman–Crippen LogP) is 2.80. The first kappa shape index (κ1) is 16.5. The van der Waals surface area contributed by atoms with Crippen molar-refractivity contribution < 1.29 is 23.5 Å². The number of anilines is 1. The highest BCUT2D eigenvalue weighted by molar-refractivity contribution is 5.96. The number of halogens is 1. The number of hydrogen-bond donors (Lipinski definition) is 1. The van der Waals surface area contributed by atoms with Crippen molar-refractivity contribution in [1.29, 1.82) is 0 Å². The van der Waals surface area contributed by atoms with E-state index in [2.05, 4.69) is 10.1 Å². The maximum atomic E-state index is 13.6. The highest BCUT2D eigenvalue weighted by atomic mass is 19.1. The first-order chi connectivity index (χ1) is 11.0. The molecule has 0 saturated heterocycles. The normalized spacial score (nSPS) is 10.0. The van der Waals surface area contributed by atoms with Crippen LogP contribution in [0, 0.1) is 5.82 Å². The first-order valence-electron chi connectivity index (χ1n) is 6.84. The quantitative estimate of drug-likeness (QED) is 0.861. The van der Waals surface area contributed by atoms with Crippen LogP contribution in [0.4, 0.5) is 10.1 Å². The molecule has 2 aromatic carbocycles. The second kappa shape index (κ2) is 7.40. The van der Waals surface area contributed by atoms with E-state index in [1.165, 1.54) is 38.5 Å². The third-order valence-corrected chi connectivity index (χ3v) is 3.20. The molecule has 6 heteroatoms. The highest BCUT2D eigenvalue weighted by Gasteiger charge is 2.14. The summed E-state index contributed by atoms with van der Waals surface area (Å²) in [5.74, 6) is -1.01. The fourth-order valence-electron chi connectivity index (χ4n) is 2.06. The molecule has 0 aliphatic carbocycles. The topological polar surface area (TPSA) is 64.6 Å². The number of carbonyl (C=O) groups excluding carboxylic acids is 2. The van der Waals surface area contributed by atoms with E-state index in [9.17, 15) is 14.0 Å². The second-order valence-electron chi connectivity index (χ2n) is 4.72. The van der Waals surface area contributed by atoms with Gasteiger partial charge in [0.2, 0.25) is 5.91 Å². The Morgan fingerprint density at radius 3 is 2.52 bits per heavy atom. The van der Waals surface area contributed by atoms with Gasteiger partial charge in [-0.05, 0) is 29.8 Å². The molecule has 0 atom stereocenters. The molecule has 0 saturated carbocycles. The van der Waals surface area contributed by atoms with E-state index < -0.39 is 17.7 Å². The molecule has 0 aliphatic rings. The van der Waals surface area contributed by atoms with Crippen LogP contribution in [0.1, 0.15) is 15.9 Å². The third kappa shape index (κ3) is 4.06. The summed E-state index contributed by atoms with van der Waals surface area (Å²) in [6.45, 7) is 0. The van der Waals surface area contributed by atoms with E-state index in [1.807, 2.05) is 0 Å². The van der Waals surface area contributed by atoms with Crippen LogP contribution in [0.15, 0.2) is 42.5 Å². The number of benzene rings is 2. The fourth-order valence-corrected chi connectivity index (χ4v) is 2.06. The Bertz CT molecular complexity index is 730. The standard InChI is InChI=1S/C17H16FNO4/c1-22-15-8-7-12(17(21)23-2)9-14(15)19-16(20)10-11-5-3-4-6-13(11)18/h3-9H,10H2,1-2H3,(H,19,20). The number of nitrogens with one attached hydrogen (secondary N) is 1. The molecular weight excluding hydrogens is 301 g/mol. The summed E-state index contributed by atoms with van der Waals surface area (Å²) < 4.78 is 23.4. The Morgan fingerprint density at radius 1 is 1.13 bits per heavy atom. The van der Waals surface area contributed by atoms with E-state index in [4.69, 9.17) is 4.74 Å². The molecule has 1 N–H and O–H groups in total. The average Bonchev–Trinajstić information content (AvgIpc) is 2.56. The van der Waals surface area contributed by atoms with Gasteiger partial charge in [-0.2, -0.15) is 0 Å². The SMILES string of the molecule is COC(=O)c1ccc(OC)c(NC(=O)Cc2ccccc2F)c1. The Labute approximate surface area is 133 Å². The van der Waals surface area contributed by atoms with Crippen molar-refractivity contribution >= 4 is 17.6 Å². The van der Waals surface area contributed by atoms with Crippen LogP contribution in [0.25, 0.3) is 0 Å². The molecule has 0 unspecified atom stereocenters. The third-order valence-electron chi connectivity index (χ3n) is 3.20. The molecule has 0 radical (unpaired) electrons. The van der Waals surface area contributed by atoms with Gasteiger partial charge in [-0.1, -0.05) is 18.2 Å². The number of ether oxygens (including phenoxy) is 2. The molecule has 0 fully saturated rings. The van der Waals surface area contributed by atoms with E-state index in [0.717, 1.165) is 0 Å². The van der Waals surface area contributed by atoms with Crippen LogP contribution >= 0.6 is 0 Å². The molecule has 120 valence electrons. The van der Waals surface area contributed by atoms with Crippen molar-refractivity contribution in [3.63, 3.8) is 0 Å². The lowest BCUT2D eigenvalue weighted by atomic mass is 10.1. The molecule has 1 amide bonds. The summed E-state index contributed by atoms with van der Waals surface area (Å²) in [7, 11) is 2.71. The summed E-state index contributed by atoms with van der Waals surface area (Å²) in [6.07, 6.45) is -0.127. The zero-order valence-electron chi connectivity index (χ0n) is 12.8. The lowest BCUT2D eigenvalue weighted by Crippen LogP contribution is -2.16. The van der Waals surface area contributed by atoms with Crippen molar-refractivity contribution in [2.75, 3.05) is 19.5 Å². The number of carbonyl (C=O) groups is 2. The summed E-state index contributed by atoms with van der Waals surface area (Å²) in [4.78, 5) is 23.7. The summed E-state index contributed by atoms with van der Waals surface area (Å²) in [6, 6.07) is 10.6. The van der Waals surface area contributed by atoms with Gasteiger partial charge in [0.05, 0.1) is 31.9 Å². The molecule has 0 spiro atoms. The summed E-state index contributed by atoms with van der Waals surface area (Å²) in [5.41, 5.74) is 0.874. The van der Waals surface area contributed by atoms with Crippen LogP contribution in [0.2, 0.25) is 0 Å². The van der Waals surface area contributed by atoms with Gasteiger partial charge >= 0.3 is 5.97 Å². The zero-order valence-corrected chi connectivity index (χ0v) is 12.8. The molecular formula is C17H16FNO4. The molecule has 0 aromatic heterocycles. The van der Waals surface area contributed by atoms with Crippen molar-refractivity contribution in [3.8, 4) is 5.75 Å². The fraction of sp³-hybridized carbons (Fsp3) is 0.176. The van der Waals surface area contributed by atoms with Crippen LogP contribution in [0.3, 0.4) is 0 Å². The van der Waals surface area contributed by atoms with Gasteiger partial charge in [0.25, 0.3) is 0 Å². The van der Waals surface area contributed by atoms with Crippen molar-refractivity contribution in [2.45, 2.75) is 6.42 Å². The van der Waals surface area contributed by atoms with E-state index in [1.54, 1.807) is 18.2 Å². The van der Waals surface area contributed by atoms with Gasteiger partial charge in [-0.3, -0.25) is 4.79 Å². The minimum absolute atomic E-state index is 0.127. The Morgan fingerprint density at radius 2 is 1.87 bits per heavy atom. The maximum Gasteiger partial charge on any atom is 0.337 e. The largest absolute Gasteiger partial charge is 0.495 e. The number of methoxy groups -OCH3 is 2. The van der Waals surface area contributed by atoms with Crippen LogP contribution in [-0.4, -0.2) is 26.1 Å². The van der Waals surface area contributed by atoms with Gasteiger partial charge < -0.3 is 14.8 Å². The average molecular weight is 317 g/mol. The van der Waals surface area contributed by atoms with Crippen LogP contribution in [-0.2, 0) is 16.0 Å². The van der Waals surface area contributed by atoms with Crippen LogP contribution in [0.5, 0.6) is 5.75 Å². The Hall–Kier alpha value is -2.89. The van der Waals surface area contributed by atoms with Gasteiger partial charge in [0.1, 0.15) is 11.6 Å². The lowest BCUT2D eigenvalue weighted by molar-refractivity contribution is -0.115. The van der Waals surface area contributed by atoms with Crippen LogP contribution < -0.4 is 10.1 Å². The number of amides is 1. The maximum absolute atomic E-state index is 13.6. The minimum Gasteiger partial charge on any atom is -0.495 e. The van der Waals surface area contributed by atoms with E-state index in [-0.39, 0.29) is 17.5 Å². The van der Waals surface area contributed by atoms with Gasteiger partial charge in [-0.25, -0.2) is 9.18 Å². The summed E-state index contributed by atoms with van der Waals surface area (Å²) >= 11 is 0. The second-order valence-corrected chi connectivity index (χ2v) is 4.72. The van der Waals surface area contributed by atoms with Crippen molar-refractivity contribution in [2.24, 2.45) is 0 Å². The summed E-state index contributed by atoms with van der Waals surface area (Å²) in [5, 5.41) is 2.62. The monoisotopic (exact) mass is 317 g/mol. The van der Waals surface area contributed by atoms with E-state index >= 15 is 0 Å². The smallest absolute Gasteiger partial charge is 0.337 e. The Balaban J connectivity index is 2.19. The number of rotatable bonds is 5. The predicted molar refractivity (Wildman–Crippen MR) is 83.1 cm³/mol. The van der Waals surface area contributed by atoms with Crippen molar-refractivity contribution in [3.05, 3.63) is 59.4 Å². The first-order valence-corrected chi connectivity index (χ1v) is 6.84. The number of hydrogen-bond acceptors (Lipinski definition) is 4. The zero-order chi connectivity index (χ0) is 16.8.